The van der Waals surface area contributed by atoms with E-state index in [0.29, 0.717) is 12.1 Å². The molecule has 0 N–H and O–H groups in total. The zero-order chi connectivity index (χ0) is 18.7. The molecular formula is C20H32N4O2. The fourth-order valence-corrected chi connectivity index (χ4v) is 4.47. The number of aromatic nitrogens is 2. The van der Waals surface area contributed by atoms with Crippen LogP contribution >= 0.6 is 0 Å². The molecule has 2 fully saturated rings. The summed E-state index contributed by atoms with van der Waals surface area (Å²) in [5.41, 5.74) is 1.64. The smallest absolute Gasteiger partial charge is 0.274 e. The van der Waals surface area contributed by atoms with Gasteiger partial charge in [-0.25, -0.2) is 0 Å². The number of hydrogen-bond donors (Lipinski definition) is 0. The molecule has 3 heterocycles. The summed E-state index contributed by atoms with van der Waals surface area (Å²) in [5, 5.41) is 4.47. The molecule has 2 amide bonds. The molecule has 2 saturated heterocycles. The topological polar surface area (TPSA) is 58.4 Å². The summed E-state index contributed by atoms with van der Waals surface area (Å²) in [6.45, 7) is 10.2. The highest BCUT2D eigenvalue weighted by molar-refractivity contribution is 5.92. The monoisotopic (exact) mass is 360 g/mol. The summed E-state index contributed by atoms with van der Waals surface area (Å²) in [5.74, 6) is 0.321. The van der Waals surface area contributed by atoms with Gasteiger partial charge >= 0.3 is 0 Å². The van der Waals surface area contributed by atoms with E-state index in [2.05, 4.69) is 12.0 Å². The van der Waals surface area contributed by atoms with Gasteiger partial charge in [-0.3, -0.25) is 14.3 Å². The molecule has 1 spiro atoms. The first kappa shape index (κ1) is 18.9. The summed E-state index contributed by atoms with van der Waals surface area (Å²) in [4.78, 5) is 29.3. The highest BCUT2D eigenvalue weighted by atomic mass is 16.2. The molecule has 1 atom stereocenters. The average Bonchev–Trinajstić information content (AvgIpc) is 3.03. The number of likely N-dealkylation sites (tertiary alicyclic amines) is 2. The predicted octanol–water partition coefficient (Wildman–Crippen LogP) is 2.86. The Labute approximate surface area is 156 Å². The van der Waals surface area contributed by atoms with Crippen molar-refractivity contribution in [1.82, 2.24) is 19.6 Å². The third kappa shape index (κ3) is 3.79. The number of carbonyl (C=O) groups is 2. The molecule has 0 aliphatic carbocycles. The number of piperidine rings is 2. The first-order valence-corrected chi connectivity index (χ1v) is 10.1. The van der Waals surface area contributed by atoms with Crippen LogP contribution in [-0.2, 0) is 11.3 Å². The number of nitrogens with zero attached hydrogens (tertiary/aromatic N) is 4. The van der Waals surface area contributed by atoms with Gasteiger partial charge < -0.3 is 9.80 Å². The SMILES string of the molecule is CCCCN1CC2(CCCN(C(=O)c3cc(C)n(CC)n3)C2)CCC1=O. The van der Waals surface area contributed by atoms with E-state index in [9.17, 15) is 9.59 Å². The van der Waals surface area contributed by atoms with E-state index >= 15 is 0 Å². The Morgan fingerprint density at radius 3 is 2.77 bits per heavy atom. The maximum Gasteiger partial charge on any atom is 0.274 e. The molecule has 1 aromatic rings. The van der Waals surface area contributed by atoms with Gasteiger partial charge in [0, 0.05) is 50.3 Å². The van der Waals surface area contributed by atoms with E-state index in [1.807, 2.05) is 34.4 Å². The summed E-state index contributed by atoms with van der Waals surface area (Å²) in [6, 6.07) is 1.89. The molecule has 0 radical (unpaired) electrons. The zero-order valence-corrected chi connectivity index (χ0v) is 16.5. The van der Waals surface area contributed by atoms with Crippen molar-refractivity contribution in [1.29, 1.82) is 0 Å². The van der Waals surface area contributed by atoms with Gasteiger partial charge in [-0.15, -0.1) is 0 Å². The minimum Gasteiger partial charge on any atom is -0.342 e. The van der Waals surface area contributed by atoms with E-state index in [1.54, 1.807) is 0 Å². The molecule has 0 bridgehead atoms. The van der Waals surface area contributed by atoms with Gasteiger partial charge in [-0.05, 0) is 45.6 Å². The first-order chi connectivity index (χ1) is 12.5. The van der Waals surface area contributed by atoms with Crippen LogP contribution in [0.2, 0.25) is 0 Å². The Kier molecular flexibility index (Phi) is 5.68. The van der Waals surface area contributed by atoms with E-state index in [-0.39, 0.29) is 17.2 Å². The minimum absolute atomic E-state index is 0.0383. The lowest BCUT2D eigenvalue weighted by Gasteiger charge is -2.48. The zero-order valence-electron chi connectivity index (χ0n) is 16.5. The molecule has 2 aliphatic heterocycles. The molecule has 0 aromatic carbocycles. The van der Waals surface area contributed by atoms with Crippen molar-refractivity contribution in [3.63, 3.8) is 0 Å². The Balaban J connectivity index is 1.71. The van der Waals surface area contributed by atoms with Crippen LogP contribution in [0.3, 0.4) is 0 Å². The van der Waals surface area contributed by atoms with Crippen LogP contribution in [0.1, 0.15) is 68.6 Å². The Bertz CT molecular complexity index is 669. The fourth-order valence-electron chi connectivity index (χ4n) is 4.47. The number of aryl methyl sites for hydroxylation is 2. The number of carbonyl (C=O) groups excluding carboxylic acids is 2. The lowest BCUT2D eigenvalue weighted by molar-refractivity contribution is -0.139. The predicted molar refractivity (Wildman–Crippen MR) is 101 cm³/mol. The van der Waals surface area contributed by atoms with Crippen molar-refractivity contribution in [3.8, 4) is 0 Å². The number of amides is 2. The molecule has 0 saturated carbocycles. The van der Waals surface area contributed by atoms with Gasteiger partial charge in [0.2, 0.25) is 5.91 Å². The van der Waals surface area contributed by atoms with Crippen LogP contribution in [-0.4, -0.2) is 57.6 Å². The summed E-state index contributed by atoms with van der Waals surface area (Å²) < 4.78 is 1.87. The molecule has 2 aliphatic rings. The van der Waals surface area contributed by atoms with Crippen LogP contribution < -0.4 is 0 Å². The quantitative estimate of drug-likeness (QED) is 0.811. The van der Waals surface area contributed by atoms with Crippen LogP contribution in [0.25, 0.3) is 0 Å². The minimum atomic E-state index is 0.0383. The molecule has 144 valence electrons. The van der Waals surface area contributed by atoms with E-state index in [0.717, 1.165) is 70.5 Å². The molecule has 3 rings (SSSR count). The third-order valence-corrected chi connectivity index (χ3v) is 5.98. The van der Waals surface area contributed by atoms with Crippen molar-refractivity contribution in [2.45, 2.75) is 65.8 Å². The largest absolute Gasteiger partial charge is 0.342 e. The summed E-state index contributed by atoms with van der Waals surface area (Å²) >= 11 is 0. The highest BCUT2D eigenvalue weighted by Gasteiger charge is 2.42. The number of unbranched alkanes of at least 4 members (excludes halogenated alkanes) is 1. The van der Waals surface area contributed by atoms with Crippen LogP contribution in [0.4, 0.5) is 0 Å². The summed E-state index contributed by atoms with van der Waals surface area (Å²) in [6.07, 6.45) is 5.79. The molecule has 1 unspecified atom stereocenters. The van der Waals surface area contributed by atoms with Crippen LogP contribution in [0.15, 0.2) is 6.07 Å². The molecule has 6 heteroatoms. The van der Waals surface area contributed by atoms with E-state index in [4.69, 9.17) is 0 Å². The Morgan fingerprint density at radius 2 is 2.08 bits per heavy atom. The Hall–Kier alpha value is -1.85. The molecule has 6 nitrogen and oxygen atoms in total. The van der Waals surface area contributed by atoms with Crippen LogP contribution in [0, 0.1) is 12.3 Å². The second-order valence-corrected chi connectivity index (χ2v) is 7.99. The standard InChI is InChI=1S/C20H32N4O2/c1-4-6-11-22-14-20(10-8-18(22)25)9-7-12-23(15-20)19(26)17-13-16(3)24(5-2)21-17/h13H,4-12,14-15H2,1-3H3. The van der Waals surface area contributed by atoms with Crippen LogP contribution in [0.5, 0.6) is 0 Å². The van der Waals surface area contributed by atoms with Gasteiger partial charge in [-0.1, -0.05) is 13.3 Å². The molecule has 26 heavy (non-hydrogen) atoms. The van der Waals surface area contributed by atoms with Crippen molar-refractivity contribution >= 4 is 11.8 Å². The van der Waals surface area contributed by atoms with Gasteiger partial charge in [0.15, 0.2) is 5.69 Å². The van der Waals surface area contributed by atoms with Crippen molar-refractivity contribution < 1.29 is 9.59 Å². The number of rotatable bonds is 5. The highest BCUT2D eigenvalue weighted by Crippen LogP contribution is 2.39. The maximum absolute atomic E-state index is 13.0. The third-order valence-electron chi connectivity index (χ3n) is 5.98. The first-order valence-electron chi connectivity index (χ1n) is 10.1. The van der Waals surface area contributed by atoms with Crippen molar-refractivity contribution in [3.05, 3.63) is 17.5 Å². The lowest BCUT2D eigenvalue weighted by Crippen LogP contribution is -2.55. The maximum atomic E-state index is 13.0. The second-order valence-electron chi connectivity index (χ2n) is 7.99. The number of hydrogen-bond acceptors (Lipinski definition) is 3. The van der Waals surface area contributed by atoms with Gasteiger partial charge in [0.25, 0.3) is 5.91 Å². The Morgan fingerprint density at radius 1 is 1.27 bits per heavy atom. The second kappa shape index (κ2) is 7.80. The molecule has 1 aromatic heterocycles. The summed E-state index contributed by atoms with van der Waals surface area (Å²) in [7, 11) is 0. The lowest BCUT2D eigenvalue weighted by atomic mass is 9.73. The van der Waals surface area contributed by atoms with Gasteiger partial charge in [0.05, 0.1) is 0 Å². The normalized spacial score (nSPS) is 23.7. The van der Waals surface area contributed by atoms with Crippen molar-refractivity contribution in [2.24, 2.45) is 5.41 Å². The van der Waals surface area contributed by atoms with Crippen molar-refractivity contribution in [2.75, 3.05) is 26.2 Å². The van der Waals surface area contributed by atoms with Gasteiger partial charge in [0.1, 0.15) is 0 Å². The van der Waals surface area contributed by atoms with Gasteiger partial charge in [-0.2, -0.15) is 5.10 Å². The fraction of sp³-hybridized carbons (Fsp3) is 0.750. The molecular weight excluding hydrogens is 328 g/mol. The van der Waals surface area contributed by atoms with E-state index < -0.39 is 0 Å². The van der Waals surface area contributed by atoms with E-state index in [1.165, 1.54) is 0 Å². The average molecular weight is 361 g/mol.